The van der Waals surface area contributed by atoms with Gasteiger partial charge in [-0.3, -0.25) is 9.59 Å². The molecule has 0 spiro atoms. The number of carbonyl (C=O) groups is 2. The molecule has 134 valence electrons. The van der Waals surface area contributed by atoms with Crippen molar-refractivity contribution in [2.45, 2.75) is 77.9 Å². The minimum Gasteiger partial charge on any atom is -0.463 e. The Morgan fingerprint density at radius 2 is 1.58 bits per heavy atom. The number of hydrogen-bond donors (Lipinski definition) is 0. The molecule has 2 atom stereocenters. The third kappa shape index (κ3) is 8.14. The normalized spacial score (nSPS) is 13.1. The van der Waals surface area contributed by atoms with Crippen LogP contribution in [0.15, 0.2) is 30.3 Å². The number of benzene rings is 1. The van der Waals surface area contributed by atoms with Crippen molar-refractivity contribution in [1.82, 2.24) is 0 Å². The molecule has 0 aliphatic rings. The summed E-state index contributed by atoms with van der Waals surface area (Å²) < 4.78 is 10.8. The van der Waals surface area contributed by atoms with E-state index in [-0.39, 0.29) is 37.0 Å². The third-order valence-electron chi connectivity index (χ3n) is 3.90. The zero-order valence-electron chi connectivity index (χ0n) is 15.1. The molecule has 2 unspecified atom stereocenters. The lowest BCUT2D eigenvalue weighted by Gasteiger charge is -2.17. The van der Waals surface area contributed by atoms with Crippen LogP contribution in [0.25, 0.3) is 0 Å². The molecule has 0 heterocycles. The lowest BCUT2D eigenvalue weighted by molar-refractivity contribution is -0.156. The predicted molar refractivity (Wildman–Crippen MR) is 94.5 cm³/mol. The first-order valence-corrected chi connectivity index (χ1v) is 9.00. The SMILES string of the molecule is CCCCCC(C)OC(=O)CCC(=O)OC(CC)c1ccccc1. The zero-order valence-corrected chi connectivity index (χ0v) is 15.1. The summed E-state index contributed by atoms with van der Waals surface area (Å²) in [6.07, 6.45) is 4.70. The molecule has 4 heteroatoms. The fourth-order valence-electron chi connectivity index (χ4n) is 2.50. The number of rotatable bonds is 11. The van der Waals surface area contributed by atoms with Crippen molar-refractivity contribution >= 4 is 11.9 Å². The Labute approximate surface area is 145 Å². The summed E-state index contributed by atoms with van der Waals surface area (Å²) in [5.41, 5.74) is 0.973. The maximum absolute atomic E-state index is 12.0. The quantitative estimate of drug-likeness (QED) is 0.423. The van der Waals surface area contributed by atoms with E-state index in [9.17, 15) is 9.59 Å². The summed E-state index contributed by atoms with van der Waals surface area (Å²) in [6.45, 7) is 6.01. The second kappa shape index (κ2) is 11.7. The van der Waals surface area contributed by atoms with Crippen LogP contribution in [0.3, 0.4) is 0 Å². The molecule has 0 saturated carbocycles. The average Bonchev–Trinajstić information content (AvgIpc) is 2.59. The molecular formula is C20H30O4. The van der Waals surface area contributed by atoms with Crippen LogP contribution in [0.4, 0.5) is 0 Å². The van der Waals surface area contributed by atoms with Gasteiger partial charge in [-0.25, -0.2) is 0 Å². The number of unbranched alkanes of at least 4 members (excludes halogenated alkanes) is 2. The van der Waals surface area contributed by atoms with Crippen molar-refractivity contribution in [3.63, 3.8) is 0 Å². The number of carbonyl (C=O) groups excluding carboxylic acids is 2. The highest BCUT2D eigenvalue weighted by molar-refractivity contribution is 5.77. The van der Waals surface area contributed by atoms with Gasteiger partial charge in [0.25, 0.3) is 0 Å². The third-order valence-corrected chi connectivity index (χ3v) is 3.90. The molecule has 0 saturated heterocycles. The van der Waals surface area contributed by atoms with Crippen molar-refractivity contribution in [3.05, 3.63) is 35.9 Å². The lowest BCUT2D eigenvalue weighted by atomic mass is 10.1. The Bertz CT molecular complexity index is 484. The summed E-state index contributed by atoms with van der Waals surface area (Å²) in [5.74, 6) is -0.690. The molecule has 1 rings (SSSR count). The largest absolute Gasteiger partial charge is 0.463 e. The molecule has 0 aromatic heterocycles. The topological polar surface area (TPSA) is 52.6 Å². The van der Waals surface area contributed by atoms with Crippen LogP contribution in [-0.2, 0) is 19.1 Å². The van der Waals surface area contributed by atoms with Crippen molar-refractivity contribution in [2.24, 2.45) is 0 Å². The van der Waals surface area contributed by atoms with E-state index in [1.165, 1.54) is 0 Å². The molecule has 24 heavy (non-hydrogen) atoms. The van der Waals surface area contributed by atoms with Gasteiger partial charge in [0.1, 0.15) is 6.10 Å². The Hall–Kier alpha value is -1.84. The van der Waals surface area contributed by atoms with Gasteiger partial charge in [-0.2, -0.15) is 0 Å². The standard InChI is InChI=1S/C20H30O4/c1-4-6-8-11-16(3)23-19(21)14-15-20(22)24-18(5-2)17-12-9-7-10-13-17/h7,9-10,12-13,16,18H,4-6,8,11,14-15H2,1-3H3. The van der Waals surface area contributed by atoms with E-state index in [1.807, 2.05) is 44.2 Å². The maximum atomic E-state index is 12.0. The monoisotopic (exact) mass is 334 g/mol. The molecule has 1 aromatic carbocycles. The highest BCUT2D eigenvalue weighted by atomic mass is 16.5. The lowest BCUT2D eigenvalue weighted by Crippen LogP contribution is -2.17. The molecule has 4 nitrogen and oxygen atoms in total. The van der Waals surface area contributed by atoms with Gasteiger partial charge in [0.15, 0.2) is 0 Å². The van der Waals surface area contributed by atoms with Crippen molar-refractivity contribution < 1.29 is 19.1 Å². The van der Waals surface area contributed by atoms with Gasteiger partial charge in [-0.1, -0.05) is 57.0 Å². The molecule has 0 N–H and O–H groups in total. The summed E-state index contributed by atoms with van der Waals surface area (Å²) in [6, 6.07) is 9.64. The zero-order chi connectivity index (χ0) is 17.8. The highest BCUT2D eigenvalue weighted by Gasteiger charge is 2.17. The summed E-state index contributed by atoms with van der Waals surface area (Å²) in [5, 5.41) is 0. The van der Waals surface area contributed by atoms with Crippen LogP contribution in [0.5, 0.6) is 0 Å². The van der Waals surface area contributed by atoms with E-state index < -0.39 is 0 Å². The molecule has 0 aliphatic heterocycles. The number of esters is 2. The Balaban J connectivity index is 2.30. The second-order valence-electron chi connectivity index (χ2n) is 6.09. The second-order valence-corrected chi connectivity index (χ2v) is 6.09. The van der Waals surface area contributed by atoms with Crippen molar-refractivity contribution in [1.29, 1.82) is 0 Å². The first-order chi connectivity index (χ1) is 11.6. The predicted octanol–water partition coefficient (Wildman–Crippen LogP) is 4.97. The van der Waals surface area contributed by atoms with Gasteiger partial charge in [-0.15, -0.1) is 0 Å². The van der Waals surface area contributed by atoms with E-state index in [1.54, 1.807) is 0 Å². The maximum Gasteiger partial charge on any atom is 0.306 e. The van der Waals surface area contributed by atoms with Gasteiger partial charge in [-0.05, 0) is 31.7 Å². The van der Waals surface area contributed by atoms with E-state index in [0.717, 1.165) is 31.2 Å². The smallest absolute Gasteiger partial charge is 0.306 e. The van der Waals surface area contributed by atoms with Gasteiger partial charge in [0, 0.05) is 0 Å². The highest BCUT2D eigenvalue weighted by Crippen LogP contribution is 2.21. The molecule has 0 amide bonds. The van der Waals surface area contributed by atoms with Crippen LogP contribution in [0, 0.1) is 0 Å². The number of hydrogen-bond acceptors (Lipinski definition) is 4. The first-order valence-electron chi connectivity index (χ1n) is 9.00. The number of ether oxygens (including phenoxy) is 2. The molecular weight excluding hydrogens is 304 g/mol. The van der Waals surface area contributed by atoms with Crippen LogP contribution in [0.1, 0.15) is 77.4 Å². The van der Waals surface area contributed by atoms with E-state index in [4.69, 9.17) is 9.47 Å². The molecule has 0 aliphatic carbocycles. The fourth-order valence-corrected chi connectivity index (χ4v) is 2.50. The minimum absolute atomic E-state index is 0.0594. The summed E-state index contributed by atoms with van der Waals surface area (Å²) >= 11 is 0. The summed E-state index contributed by atoms with van der Waals surface area (Å²) in [4.78, 5) is 23.7. The molecule has 1 aromatic rings. The summed E-state index contributed by atoms with van der Waals surface area (Å²) in [7, 11) is 0. The van der Waals surface area contributed by atoms with E-state index in [2.05, 4.69) is 6.92 Å². The van der Waals surface area contributed by atoms with E-state index >= 15 is 0 Å². The molecule has 0 radical (unpaired) electrons. The van der Waals surface area contributed by atoms with Gasteiger partial charge < -0.3 is 9.47 Å². The molecule has 0 fully saturated rings. The van der Waals surface area contributed by atoms with Crippen LogP contribution in [-0.4, -0.2) is 18.0 Å². The van der Waals surface area contributed by atoms with Gasteiger partial charge >= 0.3 is 11.9 Å². The van der Waals surface area contributed by atoms with Gasteiger partial charge in [0.2, 0.25) is 0 Å². The Morgan fingerprint density at radius 3 is 2.17 bits per heavy atom. The van der Waals surface area contributed by atoms with Crippen LogP contribution in [0.2, 0.25) is 0 Å². The van der Waals surface area contributed by atoms with Crippen LogP contribution >= 0.6 is 0 Å². The first kappa shape index (κ1) is 20.2. The molecule has 0 bridgehead atoms. The van der Waals surface area contributed by atoms with Crippen molar-refractivity contribution in [2.75, 3.05) is 0 Å². The average molecular weight is 334 g/mol. The van der Waals surface area contributed by atoms with E-state index in [0.29, 0.717) is 6.42 Å². The Morgan fingerprint density at radius 1 is 0.958 bits per heavy atom. The minimum atomic E-state index is -0.360. The van der Waals surface area contributed by atoms with Crippen LogP contribution < -0.4 is 0 Å². The fraction of sp³-hybridized carbons (Fsp3) is 0.600. The van der Waals surface area contributed by atoms with Gasteiger partial charge in [0.05, 0.1) is 18.9 Å². The Kier molecular flexibility index (Phi) is 9.81. The van der Waals surface area contributed by atoms with Crippen molar-refractivity contribution in [3.8, 4) is 0 Å².